The van der Waals surface area contributed by atoms with Gasteiger partial charge in [-0.1, -0.05) is 11.6 Å². The maximum absolute atomic E-state index is 6.17. The first-order chi connectivity index (χ1) is 9.22. The predicted molar refractivity (Wildman–Crippen MR) is 79.4 cm³/mol. The number of halogens is 2. The van der Waals surface area contributed by atoms with Gasteiger partial charge in [0, 0.05) is 35.0 Å². The summed E-state index contributed by atoms with van der Waals surface area (Å²) in [5, 5.41) is 4.80. The molecule has 1 aliphatic carbocycles. The predicted octanol–water partition coefficient (Wildman–Crippen LogP) is 3.91. The third kappa shape index (κ3) is 3.18. The number of hydrogen-bond donors (Lipinski definition) is 1. The summed E-state index contributed by atoms with van der Waals surface area (Å²) < 4.78 is 5.72. The van der Waals surface area contributed by atoms with Crippen molar-refractivity contribution >= 4 is 23.2 Å². The van der Waals surface area contributed by atoms with Crippen LogP contribution in [-0.4, -0.2) is 18.0 Å². The summed E-state index contributed by atoms with van der Waals surface area (Å²) in [4.78, 5) is 0. The highest BCUT2D eigenvalue weighted by molar-refractivity contribution is 6.30. The van der Waals surface area contributed by atoms with Crippen molar-refractivity contribution in [2.75, 3.05) is 6.61 Å². The van der Waals surface area contributed by atoms with Crippen molar-refractivity contribution in [3.05, 3.63) is 28.3 Å². The average Bonchev–Trinajstić information content (AvgIpc) is 2.85. The van der Waals surface area contributed by atoms with Gasteiger partial charge in [0.2, 0.25) is 0 Å². The van der Waals surface area contributed by atoms with Gasteiger partial charge in [-0.25, -0.2) is 0 Å². The maximum atomic E-state index is 6.17. The van der Waals surface area contributed by atoms with E-state index in [2.05, 4.69) is 5.32 Å². The zero-order valence-corrected chi connectivity index (χ0v) is 12.4. The molecule has 0 aromatic heterocycles. The molecule has 0 amide bonds. The molecule has 0 unspecified atom stereocenters. The van der Waals surface area contributed by atoms with Crippen LogP contribution in [0.25, 0.3) is 0 Å². The van der Waals surface area contributed by atoms with Crippen LogP contribution in [0.15, 0.2) is 12.1 Å². The van der Waals surface area contributed by atoms with Gasteiger partial charge < -0.3 is 10.1 Å². The van der Waals surface area contributed by atoms with E-state index in [1.807, 2.05) is 12.1 Å². The lowest BCUT2D eigenvalue weighted by molar-refractivity contribution is 0.345. The summed E-state index contributed by atoms with van der Waals surface area (Å²) in [6.45, 7) is 1.61. The second-order valence-electron chi connectivity index (χ2n) is 5.48. The molecule has 0 atom stereocenters. The average molecular weight is 300 g/mol. The van der Waals surface area contributed by atoms with Crippen LogP contribution in [-0.2, 0) is 13.0 Å². The smallest absolute Gasteiger partial charge is 0.127 e. The van der Waals surface area contributed by atoms with Crippen molar-refractivity contribution in [1.82, 2.24) is 5.32 Å². The number of hydrogen-bond acceptors (Lipinski definition) is 2. The van der Waals surface area contributed by atoms with E-state index in [9.17, 15) is 0 Å². The zero-order valence-electron chi connectivity index (χ0n) is 10.9. The number of fused-ring (bicyclic) bond motifs is 1. The highest BCUT2D eigenvalue weighted by Crippen LogP contribution is 2.33. The van der Waals surface area contributed by atoms with Gasteiger partial charge in [-0.05, 0) is 43.4 Å². The van der Waals surface area contributed by atoms with Crippen molar-refractivity contribution in [2.45, 2.75) is 50.1 Å². The summed E-state index contributed by atoms with van der Waals surface area (Å²) in [7, 11) is 0. The first kappa shape index (κ1) is 13.5. The molecule has 0 bridgehead atoms. The minimum absolute atomic E-state index is 0.372. The van der Waals surface area contributed by atoms with Crippen molar-refractivity contribution in [3.8, 4) is 5.75 Å². The molecule has 1 aliphatic heterocycles. The van der Waals surface area contributed by atoms with E-state index in [-0.39, 0.29) is 0 Å². The van der Waals surface area contributed by atoms with E-state index in [1.165, 1.54) is 11.1 Å². The highest BCUT2D eigenvalue weighted by atomic mass is 35.5. The van der Waals surface area contributed by atoms with E-state index in [0.717, 1.165) is 56.0 Å². The van der Waals surface area contributed by atoms with Crippen LogP contribution in [0.5, 0.6) is 5.75 Å². The van der Waals surface area contributed by atoms with Crippen LogP contribution in [0.2, 0.25) is 5.02 Å². The molecule has 19 heavy (non-hydrogen) atoms. The molecule has 1 aromatic carbocycles. The third-order valence-corrected chi connectivity index (χ3v) is 4.72. The van der Waals surface area contributed by atoms with Gasteiger partial charge >= 0.3 is 0 Å². The fourth-order valence-corrected chi connectivity index (χ4v) is 3.50. The molecular weight excluding hydrogens is 281 g/mol. The van der Waals surface area contributed by atoms with Crippen LogP contribution < -0.4 is 10.1 Å². The van der Waals surface area contributed by atoms with E-state index in [4.69, 9.17) is 27.9 Å². The Kier molecular flexibility index (Phi) is 4.21. The van der Waals surface area contributed by atoms with E-state index >= 15 is 0 Å². The van der Waals surface area contributed by atoms with Crippen molar-refractivity contribution in [2.24, 2.45) is 0 Å². The first-order valence-electron chi connectivity index (χ1n) is 7.04. The molecule has 1 saturated carbocycles. The number of nitrogens with one attached hydrogen (secondary N) is 1. The minimum Gasteiger partial charge on any atom is -0.493 e. The molecule has 2 aliphatic rings. The molecule has 0 spiro atoms. The van der Waals surface area contributed by atoms with Gasteiger partial charge in [-0.3, -0.25) is 0 Å². The van der Waals surface area contributed by atoms with E-state index in [0.29, 0.717) is 11.4 Å². The van der Waals surface area contributed by atoms with Gasteiger partial charge in [-0.2, -0.15) is 0 Å². The van der Waals surface area contributed by atoms with E-state index < -0.39 is 0 Å². The molecule has 1 fully saturated rings. The van der Waals surface area contributed by atoms with E-state index in [1.54, 1.807) is 0 Å². The van der Waals surface area contributed by atoms with Gasteiger partial charge in [0.05, 0.1) is 6.61 Å². The Hall–Kier alpha value is -0.440. The quantitative estimate of drug-likeness (QED) is 0.854. The van der Waals surface area contributed by atoms with Crippen LogP contribution in [0, 0.1) is 0 Å². The van der Waals surface area contributed by atoms with Gasteiger partial charge in [0.25, 0.3) is 0 Å². The summed E-state index contributed by atoms with van der Waals surface area (Å²) in [5.74, 6) is 1.04. The minimum atomic E-state index is 0.372. The number of alkyl halides is 1. The topological polar surface area (TPSA) is 21.3 Å². The summed E-state index contributed by atoms with van der Waals surface area (Å²) in [6, 6.07) is 4.61. The molecule has 3 rings (SSSR count). The van der Waals surface area contributed by atoms with Crippen LogP contribution in [0.1, 0.15) is 36.8 Å². The van der Waals surface area contributed by atoms with Crippen molar-refractivity contribution in [3.63, 3.8) is 0 Å². The van der Waals surface area contributed by atoms with Crippen molar-refractivity contribution in [1.29, 1.82) is 0 Å². The Morgan fingerprint density at radius 3 is 2.79 bits per heavy atom. The lowest BCUT2D eigenvalue weighted by Gasteiger charge is -2.26. The first-order valence-corrected chi connectivity index (χ1v) is 7.85. The molecule has 1 heterocycles. The Balaban J connectivity index is 1.64. The lowest BCUT2D eigenvalue weighted by Crippen LogP contribution is -2.33. The standard InChI is InChI=1S/C15H19Cl2NO/c16-12-1-3-14(4-2-12)18-9-11-8-13(17)7-10-5-6-19-15(10)11/h7-8,12,14,18H,1-6,9H2. The molecule has 0 radical (unpaired) electrons. The molecule has 2 nitrogen and oxygen atoms in total. The SMILES string of the molecule is Clc1cc2c(c(CNC3CCC(Cl)CC3)c1)OCC2. The zero-order chi connectivity index (χ0) is 13.2. The Morgan fingerprint density at radius 2 is 2.00 bits per heavy atom. The maximum Gasteiger partial charge on any atom is 0.127 e. The molecule has 1 aromatic rings. The molecular formula is C15H19Cl2NO. The van der Waals surface area contributed by atoms with Crippen LogP contribution in [0.3, 0.4) is 0 Å². The lowest BCUT2D eigenvalue weighted by atomic mass is 9.95. The highest BCUT2D eigenvalue weighted by Gasteiger charge is 2.21. The number of rotatable bonds is 3. The second kappa shape index (κ2) is 5.90. The number of ether oxygens (including phenoxy) is 1. The monoisotopic (exact) mass is 299 g/mol. The Bertz CT molecular complexity index is 456. The van der Waals surface area contributed by atoms with Crippen LogP contribution in [0.4, 0.5) is 0 Å². The number of benzene rings is 1. The molecule has 104 valence electrons. The Labute approximate surface area is 124 Å². The fraction of sp³-hybridized carbons (Fsp3) is 0.600. The third-order valence-electron chi connectivity index (χ3n) is 4.06. The van der Waals surface area contributed by atoms with Crippen molar-refractivity contribution < 1.29 is 4.74 Å². The molecule has 0 saturated heterocycles. The largest absolute Gasteiger partial charge is 0.493 e. The molecule has 4 heteroatoms. The second-order valence-corrected chi connectivity index (χ2v) is 6.54. The molecule has 1 N–H and O–H groups in total. The van der Waals surface area contributed by atoms with Gasteiger partial charge in [0.15, 0.2) is 0 Å². The summed E-state index contributed by atoms with van der Waals surface area (Å²) in [6.07, 6.45) is 5.53. The Morgan fingerprint density at radius 1 is 1.21 bits per heavy atom. The van der Waals surface area contributed by atoms with Gasteiger partial charge in [-0.15, -0.1) is 11.6 Å². The normalized spacial score (nSPS) is 26.0. The summed E-state index contributed by atoms with van der Waals surface area (Å²) >= 11 is 12.3. The summed E-state index contributed by atoms with van der Waals surface area (Å²) in [5.41, 5.74) is 2.43. The van der Waals surface area contributed by atoms with Gasteiger partial charge in [0.1, 0.15) is 5.75 Å². The van der Waals surface area contributed by atoms with Crippen LogP contribution >= 0.6 is 23.2 Å². The fourth-order valence-electron chi connectivity index (χ4n) is 2.99.